The summed E-state index contributed by atoms with van der Waals surface area (Å²) < 4.78 is 5.01. The second-order valence-corrected chi connectivity index (χ2v) is 17.6. The molecule has 0 N–H and O–H groups in total. The van der Waals surface area contributed by atoms with Crippen molar-refractivity contribution in [1.29, 1.82) is 0 Å². The summed E-state index contributed by atoms with van der Waals surface area (Å²) in [4.78, 5) is 5.41. The minimum atomic E-state index is -0.629. The average Bonchev–Trinajstić information content (AvgIpc) is 4.05. The van der Waals surface area contributed by atoms with Gasteiger partial charge in [0.05, 0.1) is 21.9 Å². The minimum Gasteiger partial charge on any atom is -0.292 e. The van der Waals surface area contributed by atoms with Crippen molar-refractivity contribution < 1.29 is 0 Å². The molecule has 2 aromatic heterocycles. The van der Waals surface area contributed by atoms with Gasteiger partial charge < -0.3 is 0 Å². The summed E-state index contributed by atoms with van der Waals surface area (Å²) in [5.74, 6) is 0.941. The maximum Gasteiger partial charge on any atom is 0.145 e. The monoisotopic (exact) mass is 778 g/mol. The van der Waals surface area contributed by atoms with E-state index >= 15 is 0 Å². The highest BCUT2D eigenvalue weighted by Crippen LogP contribution is 2.68. The quantitative estimate of drug-likeness (QED) is 0.171. The summed E-state index contributed by atoms with van der Waals surface area (Å²) in [6.45, 7) is 0. The Morgan fingerprint density at radius 2 is 0.950 bits per heavy atom. The number of hydrogen-bond acceptors (Lipinski definition) is 2. The standard InChI is InChI=1S/C57H34N2S/c1-2-16-36(17-3-1)59-51-28-14-13-27-50(51)58-55(59)35-30-31-39-41-32-33-42-40-20-6-15-29-52(40)60-54(42)53(41)57(49(39)34-35)47-25-11-9-23-45(47)56(46-24-10-12-26-48(46)57)43-21-7-4-18-37(43)38-19-5-8-22-44(38)56/h1-34H. The Morgan fingerprint density at radius 1 is 0.400 bits per heavy atom. The smallest absolute Gasteiger partial charge is 0.145 e. The van der Waals surface area contributed by atoms with Crippen molar-refractivity contribution in [1.82, 2.24) is 9.55 Å². The first-order chi connectivity index (χ1) is 29.8. The van der Waals surface area contributed by atoms with Crippen LogP contribution in [-0.4, -0.2) is 9.55 Å². The molecular weight excluding hydrogens is 745 g/mol. The summed E-state index contributed by atoms with van der Waals surface area (Å²) in [6.07, 6.45) is 0. The molecule has 2 spiro atoms. The van der Waals surface area contributed by atoms with E-state index < -0.39 is 10.8 Å². The molecule has 0 amide bonds. The molecule has 0 saturated heterocycles. The summed E-state index contributed by atoms with van der Waals surface area (Å²) in [7, 11) is 0. The van der Waals surface area contributed by atoms with Crippen molar-refractivity contribution >= 4 is 42.5 Å². The Balaban J connectivity index is 1.16. The fraction of sp³-hybridized carbons (Fsp3) is 0.0351. The highest BCUT2D eigenvalue weighted by atomic mass is 32.1. The van der Waals surface area contributed by atoms with Gasteiger partial charge in [-0.3, -0.25) is 4.57 Å². The highest BCUT2D eigenvalue weighted by molar-refractivity contribution is 7.26. The number of fused-ring (bicyclic) bond motifs is 21. The van der Waals surface area contributed by atoms with Crippen LogP contribution < -0.4 is 0 Å². The molecule has 3 aliphatic rings. The third kappa shape index (κ3) is 3.83. The molecule has 9 aromatic carbocycles. The van der Waals surface area contributed by atoms with Crippen LogP contribution in [0.15, 0.2) is 206 Å². The third-order valence-electron chi connectivity index (χ3n) is 13.9. The largest absolute Gasteiger partial charge is 0.292 e. The second kappa shape index (κ2) is 11.7. The van der Waals surface area contributed by atoms with Crippen molar-refractivity contribution in [3.8, 4) is 39.3 Å². The second-order valence-electron chi connectivity index (χ2n) is 16.5. The van der Waals surface area contributed by atoms with Gasteiger partial charge in [0.25, 0.3) is 0 Å². The van der Waals surface area contributed by atoms with Crippen molar-refractivity contribution in [3.63, 3.8) is 0 Å². The maximum atomic E-state index is 5.41. The molecule has 3 aliphatic carbocycles. The number of benzene rings is 9. The van der Waals surface area contributed by atoms with Crippen molar-refractivity contribution in [2.24, 2.45) is 0 Å². The molecule has 3 heteroatoms. The molecule has 2 heterocycles. The third-order valence-corrected chi connectivity index (χ3v) is 15.1. The van der Waals surface area contributed by atoms with Gasteiger partial charge in [-0.25, -0.2) is 4.98 Å². The summed E-state index contributed by atoms with van der Waals surface area (Å²) in [6, 6.07) is 77.3. The van der Waals surface area contributed by atoms with Gasteiger partial charge in [0.2, 0.25) is 0 Å². The molecule has 0 saturated carbocycles. The summed E-state index contributed by atoms with van der Waals surface area (Å²) >= 11 is 1.94. The van der Waals surface area contributed by atoms with Gasteiger partial charge in [0.1, 0.15) is 5.82 Å². The summed E-state index contributed by atoms with van der Waals surface area (Å²) in [5.41, 5.74) is 19.1. The van der Waals surface area contributed by atoms with E-state index in [0.717, 1.165) is 28.1 Å². The predicted molar refractivity (Wildman–Crippen MR) is 248 cm³/mol. The van der Waals surface area contributed by atoms with Crippen molar-refractivity contribution in [2.45, 2.75) is 10.8 Å². The number of nitrogens with zero attached hydrogens (tertiary/aromatic N) is 2. The number of hydrogen-bond donors (Lipinski definition) is 0. The van der Waals surface area contributed by atoms with E-state index in [1.54, 1.807) is 0 Å². The first-order valence-electron chi connectivity index (χ1n) is 20.8. The van der Waals surface area contributed by atoms with Crippen molar-refractivity contribution in [2.75, 3.05) is 0 Å². The Kier molecular flexibility index (Phi) is 6.34. The van der Waals surface area contributed by atoms with Gasteiger partial charge in [-0.15, -0.1) is 11.3 Å². The SMILES string of the molecule is c1ccc(-n2c(-c3ccc4c(c3)C3(c5ccccc5C5(c6ccccc6-c6ccccc65)c5ccccc53)c3c-4ccc4c3sc3ccccc34)nc3ccccc32)cc1. The van der Waals surface area contributed by atoms with E-state index in [9.17, 15) is 0 Å². The van der Waals surface area contributed by atoms with E-state index in [1.165, 1.54) is 86.9 Å². The molecule has 2 nitrogen and oxygen atoms in total. The first-order valence-corrected chi connectivity index (χ1v) is 21.6. The minimum absolute atomic E-state index is 0.499. The molecule has 0 fully saturated rings. The Hall–Kier alpha value is -7.33. The predicted octanol–water partition coefficient (Wildman–Crippen LogP) is 14.1. The van der Waals surface area contributed by atoms with E-state index in [4.69, 9.17) is 4.98 Å². The number of aromatic nitrogens is 2. The van der Waals surface area contributed by atoms with Crippen LogP contribution in [0.2, 0.25) is 0 Å². The topological polar surface area (TPSA) is 17.8 Å². The van der Waals surface area contributed by atoms with E-state index in [2.05, 4.69) is 211 Å². The lowest BCUT2D eigenvalue weighted by atomic mass is 9.52. The number of rotatable bonds is 2. The molecule has 0 aliphatic heterocycles. The molecule has 60 heavy (non-hydrogen) atoms. The van der Waals surface area contributed by atoms with Gasteiger partial charge in [-0.2, -0.15) is 0 Å². The Morgan fingerprint density at radius 3 is 1.67 bits per heavy atom. The van der Waals surface area contributed by atoms with E-state index in [1.807, 2.05) is 11.3 Å². The van der Waals surface area contributed by atoms with E-state index in [-0.39, 0.29) is 0 Å². The van der Waals surface area contributed by atoms with Crippen LogP contribution in [0.4, 0.5) is 0 Å². The van der Waals surface area contributed by atoms with Gasteiger partial charge in [0.15, 0.2) is 0 Å². The lowest BCUT2D eigenvalue weighted by Crippen LogP contribution is -2.43. The Labute approximate surface area is 351 Å². The molecule has 14 rings (SSSR count). The fourth-order valence-electron chi connectivity index (χ4n) is 11.7. The summed E-state index contributed by atoms with van der Waals surface area (Å²) in [5, 5.41) is 2.63. The van der Waals surface area contributed by atoms with Crippen LogP contribution in [-0.2, 0) is 10.8 Å². The lowest BCUT2D eigenvalue weighted by Gasteiger charge is -2.49. The highest BCUT2D eigenvalue weighted by Gasteiger charge is 2.59. The Bertz CT molecular complexity index is 3530. The molecule has 0 atom stereocenters. The zero-order chi connectivity index (χ0) is 39.2. The molecule has 0 radical (unpaired) electrons. The average molecular weight is 779 g/mol. The zero-order valence-electron chi connectivity index (χ0n) is 32.4. The molecule has 11 aromatic rings. The fourth-order valence-corrected chi connectivity index (χ4v) is 13.1. The van der Waals surface area contributed by atoms with Crippen LogP contribution in [0.1, 0.15) is 44.5 Å². The lowest BCUT2D eigenvalue weighted by molar-refractivity contribution is 0.636. The number of thiophene rings is 1. The number of imidazole rings is 1. The maximum absolute atomic E-state index is 5.41. The van der Waals surface area contributed by atoms with Gasteiger partial charge in [-0.1, -0.05) is 170 Å². The van der Waals surface area contributed by atoms with Crippen LogP contribution in [0.3, 0.4) is 0 Å². The van der Waals surface area contributed by atoms with Gasteiger partial charge in [0, 0.05) is 31.4 Å². The van der Waals surface area contributed by atoms with Crippen LogP contribution >= 0.6 is 11.3 Å². The zero-order valence-corrected chi connectivity index (χ0v) is 33.2. The van der Waals surface area contributed by atoms with Crippen molar-refractivity contribution in [3.05, 3.63) is 251 Å². The molecule has 0 unspecified atom stereocenters. The number of para-hydroxylation sites is 3. The van der Waals surface area contributed by atoms with E-state index in [0.29, 0.717) is 0 Å². The molecule has 278 valence electrons. The van der Waals surface area contributed by atoms with Crippen LogP contribution in [0.5, 0.6) is 0 Å². The first kappa shape index (κ1) is 32.6. The normalized spacial score (nSPS) is 14.6. The van der Waals surface area contributed by atoms with Crippen LogP contribution in [0, 0.1) is 0 Å². The van der Waals surface area contributed by atoms with Crippen LogP contribution in [0.25, 0.3) is 70.5 Å². The molecular formula is C57H34N2S. The van der Waals surface area contributed by atoms with Gasteiger partial charge >= 0.3 is 0 Å². The molecule has 0 bridgehead atoms. The van der Waals surface area contributed by atoms with Gasteiger partial charge in [-0.05, 0) is 103 Å².